The lowest BCUT2D eigenvalue weighted by Crippen LogP contribution is -2.48. The molecule has 1 saturated heterocycles. The lowest BCUT2D eigenvalue weighted by molar-refractivity contribution is -0.0586. The summed E-state index contributed by atoms with van der Waals surface area (Å²) in [6.45, 7) is 5.21. The second-order valence-electron chi connectivity index (χ2n) is 5.87. The molecule has 0 aliphatic carbocycles. The van der Waals surface area contributed by atoms with E-state index in [1.165, 1.54) is 0 Å². The summed E-state index contributed by atoms with van der Waals surface area (Å²) in [5, 5.41) is 2.11. The highest BCUT2D eigenvalue weighted by molar-refractivity contribution is 6.01. The predicted molar refractivity (Wildman–Crippen MR) is 86.4 cm³/mol. The maximum atomic E-state index is 12.9. The van der Waals surface area contributed by atoms with Gasteiger partial charge in [-0.1, -0.05) is 24.3 Å². The molecule has 0 radical (unpaired) electrons. The highest BCUT2D eigenvalue weighted by atomic mass is 16.5. The topological polar surface area (TPSA) is 38.8 Å². The number of hydrogen-bond donors (Lipinski definition) is 0. The monoisotopic (exact) mass is 299 g/mol. The molecule has 4 nitrogen and oxygen atoms in total. The quantitative estimate of drug-likeness (QED) is 0.855. The van der Waals surface area contributed by atoms with Crippen LogP contribution in [0.2, 0.25) is 0 Å². The lowest BCUT2D eigenvalue weighted by Gasteiger charge is -2.35. The fourth-order valence-corrected chi connectivity index (χ4v) is 3.07. The van der Waals surface area contributed by atoms with Gasteiger partial charge in [0.2, 0.25) is 0 Å². The summed E-state index contributed by atoms with van der Waals surface area (Å²) in [6, 6.07) is 11.8. The zero-order valence-electron chi connectivity index (χ0n) is 13.2. The van der Waals surface area contributed by atoms with E-state index in [2.05, 4.69) is 0 Å². The number of methoxy groups -OCH3 is 1. The van der Waals surface area contributed by atoms with Crippen molar-refractivity contribution in [2.45, 2.75) is 26.1 Å². The van der Waals surface area contributed by atoms with Crippen molar-refractivity contribution >= 4 is 16.7 Å². The second-order valence-corrected chi connectivity index (χ2v) is 5.87. The molecule has 0 bridgehead atoms. The molecular weight excluding hydrogens is 278 g/mol. The number of hydrogen-bond acceptors (Lipinski definition) is 3. The van der Waals surface area contributed by atoms with Crippen LogP contribution in [0.3, 0.4) is 0 Å². The van der Waals surface area contributed by atoms with Gasteiger partial charge in [0.05, 0.1) is 24.9 Å². The summed E-state index contributed by atoms with van der Waals surface area (Å²) in [6.07, 6.45) is 0.110. The molecule has 116 valence electrons. The van der Waals surface area contributed by atoms with Crippen LogP contribution in [-0.4, -0.2) is 43.2 Å². The summed E-state index contributed by atoms with van der Waals surface area (Å²) in [4.78, 5) is 14.8. The van der Waals surface area contributed by atoms with E-state index in [1.807, 2.05) is 55.1 Å². The van der Waals surface area contributed by atoms with E-state index in [1.54, 1.807) is 7.11 Å². The third-order valence-corrected chi connectivity index (χ3v) is 4.01. The van der Waals surface area contributed by atoms with Gasteiger partial charge in [0.25, 0.3) is 5.91 Å². The van der Waals surface area contributed by atoms with Crippen molar-refractivity contribution in [2.24, 2.45) is 0 Å². The molecular formula is C18H21NO3. The number of morpholine rings is 1. The predicted octanol–water partition coefficient (Wildman–Crippen LogP) is 3.10. The van der Waals surface area contributed by atoms with Crippen molar-refractivity contribution < 1.29 is 14.3 Å². The van der Waals surface area contributed by atoms with Crippen LogP contribution < -0.4 is 4.74 Å². The lowest BCUT2D eigenvalue weighted by atomic mass is 10.0. The number of rotatable bonds is 2. The third kappa shape index (κ3) is 2.79. The number of benzene rings is 2. The van der Waals surface area contributed by atoms with Gasteiger partial charge < -0.3 is 14.4 Å². The Labute approximate surface area is 130 Å². The number of amides is 1. The molecule has 22 heavy (non-hydrogen) atoms. The highest BCUT2D eigenvalue weighted by Crippen LogP contribution is 2.28. The van der Waals surface area contributed by atoms with E-state index < -0.39 is 0 Å². The molecule has 0 N–H and O–H groups in total. The smallest absolute Gasteiger partial charge is 0.257 e. The van der Waals surface area contributed by atoms with Crippen molar-refractivity contribution in [1.82, 2.24) is 4.90 Å². The number of ether oxygens (including phenoxy) is 2. The molecule has 2 atom stereocenters. The summed E-state index contributed by atoms with van der Waals surface area (Å²) in [5.41, 5.74) is 0.613. The van der Waals surface area contributed by atoms with Gasteiger partial charge in [0.15, 0.2) is 0 Å². The maximum Gasteiger partial charge on any atom is 0.257 e. The number of nitrogens with zero attached hydrogens (tertiary/aromatic N) is 1. The first-order chi connectivity index (χ1) is 10.6. The van der Waals surface area contributed by atoms with E-state index in [-0.39, 0.29) is 18.1 Å². The fraction of sp³-hybridized carbons (Fsp3) is 0.389. The third-order valence-electron chi connectivity index (χ3n) is 4.01. The van der Waals surface area contributed by atoms with E-state index in [0.29, 0.717) is 24.4 Å². The molecule has 1 aliphatic rings. The van der Waals surface area contributed by atoms with Crippen molar-refractivity contribution in [1.29, 1.82) is 0 Å². The largest absolute Gasteiger partial charge is 0.496 e. The average Bonchev–Trinajstić information content (AvgIpc) is 2.52. The van der Waals surface area contributed by atoms with Gasteiger partial charge in [-0.15, -0.1) is 0 Å². The van der Waals surface area contributed by atoms with Crippen molar-refractivity contribution in [2.75, 3.05) is 20.2 Å². The Morgan fingerprint density at radius 2 is 1.73 bits per heavy atom. The molecule has 0 aromatic heterocycles. The van der Waals surface area contributed by atoms with Crippen LogP contribution in [0, 0.1) is 0 Å². The van der Waals surface area contributed by atoms with E-state index in [4.69, 9.17) is 9.47 Å². The fourth-order valence-electron chi connectivity index (χ4n) is 3.07. The van der Waals surface area contributed by atoms with Gasteiger partial charge in [-0.3, -0.25) is 4.79 Å². The van der Waals surface area contributed by atoms with Gasteiger partial charge in [-0.2, -0.15) is 0 Å². The normalized spacial score (nSPS) is 21.9. The molecule has 1 fully saturated rings. The SMILES string of the molecule is COc1cc2ccccc2cc1C(=O)N1C[C@H](C)O[C@@H](C)C1. The minimum Gasteiger partial charge on any atom is -0.496 e. The summed E-state index contributed by atoms with van der Waals surface area (Å²) in [7, 11) is 1.60. The van der Waals surface area contributed by atoms with Crippen LogP contribution in [0.15, 0.2) is 36.4 Å². The first kappa shape index (κ1) is 14.9. The average molecular weight is 299 g/mol. The van der Waals surface area contributed by atoms with Crippen molar-refractivity contribution in [3.63, 3.8) is 0 Å². The van der Waals surface area contributed by atoms with Crippen molar-refractivity contribution in [3.8, 4) is 5.75 Å². The Bertz CT molecular complexity index is 688. The van der Waals surface area contributed by atoms with Crippen LogP contribution in [0.1, 0.15) is 24.2 Å². The molecule has 0 saturated carbocycles. The zero-order chi connectivity index (χ0) is 15.7. The van der Waals surface area contributed by atoms with Gasteiger partial charge in [0.1, 0.15) is 5.75 Å². The van der Waals surface area contributed by atoms with Crippen LogP contribution in [0.25, 0.3) is 10.8 Å². The van der Waals surface area contributed by atoms with E-state index in [0.717, 1.165) is 10.8 Å². The maximum absolute atomic E-state index is 12.9. The molecule has 0 unspecified atom stereocenters. The van der Waals surface area contributed by atoms with Gasteiger partial charge >= 0.3 is 0 Å². The van der Waals surface area contributed by atoms with Crippen LogP contribution in [0.4, 0.5) is 0 Å². The number of fused-ring (bicyclic) bond motifs is 1. The molecule has 1 aliphatic heterocycles. The molecule has 0 spiro atoms. The molecule has 2 aromatic carbocycles. The minimum atomic E-state index is 0.00426. The summed E-state index contributed by atoms with van der Waals surface area (Å²) < 4.78 is 11.1. The second kappa shape index (κ2) is 5.97. The molecule has 1 amide bonds. The van der Waals surface area contributed by atoms with E-state index >= 15 is 0 Å². The van der Waals surface area contributed by atoms with Crippen LogP contribution >= 0.6 is 0 Å². The van der Waals surface area contributed by atoms with Crippen molar-refractivity contribution in [3.05, 3.63) is 42.0 Å². The van der Waals surface area contributed by atoms with Gasteiger partial charge in [-0.25, -0.2) is 0 Å². The minimum absolute atomic E-state index is 0.00426. The molecule has 1 heterocycles. The van der Waals surface area contributed by atoms with Crippen LogP contribution in [0.5, 0.6) is 5.75 Å². The number of carbonyl (C=O) groups is 1. The van der Waals surface area contributed by atoms with E-state index in [9.17, 15) is 4.79 Å². The Hall–Kier alpha value is -2.07. The van der Waals surface area contributed by atoms with Crippen LogP contribution in [-0.2, 0) is 4.74 Å². The Kier molecular flexibility index (Phi) is 4.03. The van der Waals surface area contributed by atoms with Gasteiger partial charge in [0, 0.05) is 13.1 Å². The first-order valence-corrected chi connectivity index (χ1v) is 7.60. The Morgan fingerprint density at radius 3 is 2.32 bits per heavy atom. The Balaban J connectivity index is 1.99. The highest BCUT2D eigenvalue weighted by Gasteiger charge is 2.28. The standard InChI is InChI=1S/C18H21NO3/c1-12-10-19(11-13(2)22-12)18(20)16-8-14-6-4-5-7-15(14)9-17(16)21-3/h4-9,12-13H,10-11H2,1-3H3/t12-,13-/m0/s1. The first-order valence-electron chi connectivity index (χ1n) is 7.60. The molecule has 3 rings (SSSR count). The molecule has 2 aromatic rings. The molecule has 4 heteroatoms. The summed E-state index contributed by atoms with van der Waals surface area (Å²) >= 11 is 0. The summed E-state index contributed by atoms with van der Waals surface area (Å²) in [5.74, 6) is 0.625. The number of carbonyl (C=O) groups excluding carboxylic acids is 1. The van der Waals surface area contributed by atoms with Gasteiger partial charge in [-0.05, 0) is 36.8 Å². The Morgan fingerprint density at radius 1 is 1.14 bits per heavy atom. The zero-order valence-corrected chi connectivity index (χ0v) is 13.2.